The molecular weight excluding hydrogens is 192 g/mol. The summed E-state index contributed by atoms with van der Waals surface area (Å²) < 4.78 is 0. The molecule has 1 aliphatic rings. The van der Waals surface area contributed by atoms with Crippen molar-refractivity contribution >= 4 is 11.3 Å². The number of nitrogens with one attached hydrogen (secondary N) is 1. The number of rotatable bonds is 2. The van der Waals surface area contributed by atoms with Crippen molar-refractivity contribution in [1.29, 1.82) is 0 Å². The molecule has 78 valence electrons. The number of nitrogens with zero attached hydrogens (tertiary/aromatic N) is 1. The van der Waals surface area contributed by atoms with Gasteiger partial charge in [-0.15, -0.1) is 0 Å². The molecule has 0 bridgehead atoms. The van der Waals surface area contributed by atoms with E-state index in [1.54, 1.807) is 12.1 Å². The summed E-state index contributed by atoms with van der Waals surface area (Å²) in [5.74, 6) is 0. The third kappa shape index (κ3) is 1.89. The highest BCUT2D eigenvalue weighted by atomic mass is 16.6. The summed E-state index contributed by atoms with van der Waals surface area (Å²) in [5.41, 5.74) is 3.44. The topological polar surface area (TPSA) is 55.2 Å². The van der Waals surface area contributed by atoms with Crippen molar-refractivity contribution < 1.29 is 4.92 Å². The van der Waals surface area contributed by atoms with Crippen LogP contribution in [0.1, 0.15) is 11.1 Å². The fourth-order valence-corrected chi connectivity index (χ4v) is 1.80. The highest BCUT2D eigenvalue weighted by Gasteiger charge is 2.12. The minimum atomic E-state index is -0.363. The molecule has 4 nitrogen and oxygen atoms in total. The van der Waals surface area contributed by atoms with Crippen molar-refractivity contribution in [2.75, 3.05) is 13.1 Å². The van der Waals surface area contributed by atoms with Crippen LogP contribution in [0.2, 0.25) is 0 Å². The Hall–Kier alpha value is -1.68. The fourth-order valence-electron chi connectivity index (χ4n) is 1.80. The number of nitro groups is 1. The predicted octanol–water partition coefficient (Wildman–Crippen LogP) is 1.89. The molecule has 1 aromatic rings. The highest BCUT2D eigenvalue weighted by Crippen LogP contribution is 2.24. The van der Waals surface area contributed by atoms with Crippen LogP contribution in [0.5, 0.6) is 0 Å². The Labute approximate surface area is 87.8 Å². The van der Waals surface area contributed by atoms with Gasteiger partial charge in [0.25, 0.3) is 5.69 Å². The van der Waals surface area contributed by atoms with Crippen LogP contribution in [-0.4, -0.2) is 18.0 Å². The summed E-state index contributed by atoms with van der Waals surface area (Å²) in [4.78, 5) is 10.2. The van der Waals surface area contributed by atoms with E-state index < -0.39 is 0 Å². The quantitative estimate of drug-likeness (QED) is 0.591. The average molecular weight is 204 g/mol. The second-order valence-corrected chi connectivity index (χ2v) is 3.62. The van der Waals surface area contributed by atoms with Gasteiger partial charge < -0.3 is 5.32 Å². The zero-order chi connectivity index (χ0) is 10.8. The van der Waals surface area contributed by atoms with E-state index in [4.69, 9.17) is 0 Å². The van der Waals surface area contributed by atoms with Gasteiger partial charge >= 0.3 is 0 Å². The van der Waals surface area contributed by atoms with E-state index in [1.807, 2.05) is 13.0 Å². The van der Waals surface area contributed by atoms with Gasteiger partial charge in [0.15, 0.2) is 0 Å². The summed E-state index contributed by atoms with van der Waals surface area (Å²) in [6, 6.07) is 5.00. The van der Waals surface area contributed by atoms with Gasteiger partial charge in [-0.2, -0.15) is 0 Å². The fraction of sp³-hybridized carbons (Fsp3) is 0.273. The zero-order valence-corrected chi connectivity index (χ0v) is 8.49. The van der Waals surface area contributed by atoms with Crippen molar-refractivity contribution in [2.24, 2.45) is 0 Å². The maximum Gasteiger partial charge on any atom is 0.269 e. The van der Waals surface area contributed by atoms with Gasteiger partial charge in [-0.25, -0.2) is 0 Å². The summed E-state index contributed by atoms with van der Waals surface area (Å²) >= 11 is 0. The molecule has 1 aromatic carbocycles. The number of non-ortho nitro benzene ring substituents is 1. The molecule has 0 amide bonds. The number of hydrogen-bond acceptors (Lipinski definition) is 3. The van der Waals surface area contributed by atoms with Crippen LogP contribution in [0.15, 0.2) is 24.3 Å². The van der Waals surface area contributed by atoms with Gasteiger partial charge in [-0.1, -0.05) is 6.08 Å². The molecule has 1 N–H and O–H groups in total. The summed E-state index contributed by atoms with van der Waals surface area (Å²) in [6.07, 6.45) is 2.12. The van der Waals surface area contributed by atoms with E-state index in [1.165, 1.54) is 5.57 Å². The normalized spacial score (nSPS) is 15.1. The van der Waals surface area contributed by atoms with Crippen LogP contribution in [0, 0.1) is 17.0 Å². The lowest BCUT2D eigenvalue weighted by Crippen LogP contribution is -2.08. The molecule has 0 saturated heterocycles. The first kappa shape index (κ1) is 9.86. The van der Waals surface area contributed by atoms with Gasteiger partial charge in [0.1, 0.15) is 0 Å². The summed E-state index contributed by atoms with van der Waals surface area (Å²) in [6.45, 7) is 3.63. The van der Waals surface area contributed by atoms with Crippen molar-refractivity contribution in [3.63, 3.8) is 0 Å². The molecule has 15 heavy (non-hydrogen) atoms. The third-order valence-electron chi connectivity index (χ3n) is 2.58. The Morgan fingerprint density at radius 3 is 2.80 bits per heavy atom. The van der Waals surface area contributed by atoms with Crippen LogP contribution in [-0.2, 0) is 0 Å². The van der Waals surface area contributed by atoms with E-state index in [2.05, 4.69) is 11.4 Å². The highest BCUT2D eigenvalue weighted by molar-refractivity contribution is 5.72. The molecule has 0 spiro atoms. The second-order valence-electron chi connectivity index (χ2n) is 3.62. The first-order chi connectivity index (χ1) is 7.18. The SMILES string of the molecule is Cc1cc([N+](=O)[O-])ccc1C1=CCNC1. The van der Waals surface area contributed by atoms with Crippen LogP contribution < -0.4 is 5.32 Å². The number of hydrogen-bond donors (Lipinski definition) is 1. The van der Waals surface area contributed by atoms with Crippen LogP contribution in [0.4, 0.5) is 5.69 Å². The number of nitro benzene ring substituents is 1. The van der Waals surface area contributed by atoms with Gasteiger partial charge in [-0.05, 0) is 29.7 Å². The molecule has 0 fully saturated rings. The Kier molecular flexibility index (Phi) is 2.51. The van der Waals surface area contributed by atoms with E-state index in [0.717, 1.165) is 24.2 Å². The van der Waals surface area contributed by atoms with E-state index in [9.17, 15) is 10.1 Å². The van der Waals surface area contributed by atoms with Gasteiger partial charge in [0.2, 0.25) is 0 Å². The molecule has 1 heterocycles. The van der Waals surface area contributed by atoms with Gasteiger partial charge in [-0.3, -0.25) is 10.1 Å². The lowest BCUT2D eigenvalue weighted by Gasteiger charge is -2.05. The van der Waals surface area contributed by atoms with Crippen LogP contribution >= 0.6 is 0 Å². The van der Waals surface area contributed by atoms with E-state index >= 15 is 0 Å². The van der Waals surface area contributed by atoms with Crippen LogP contribution in [0.3, 0.4) is 0 Å². The maximum absolute atomic E-state index is 10.6. The van der Waals surface area contributed by atoms with E-state index in [-0.39, 0.29) is 10.6 Å². The lowest BCUT2D eigenvalue weighted by molar-refractivity contribution is -0.384. The largest absolute Gasteiger partial charge is 0.309 e. The monoisotopic (exact) mass is 204 g/mol. The Morgan fingerprint density at radius 1 is 1.47 bits per heavy atom. The zero-order valence-electron chi connectivity index (χ0n) is 8.49. The first-order valence-electron chi connectivity index (χ1n) is 4.83. The van der Waals surface area contributed by atoms with Crippen molar-refractivity contribution in [2.45, 2.75) is 6.92 Å². The van der Waals surface area contributed by atoms with Gasteiger partial charge in [0, 0.05) is 25.2 Å². The van der Waals surface area contributed by atoms with Crippen molar-refractivity contribution in [1.82, 2.24) is 5.32 Å². The molecule has 0 aromatic heterocycles. The Balaban J connectivity index is 2.38. The summed E-state index contributed by atoms with van der Waals surface area (Å²) in [7, 11) is 0. The Bertz CT molecular complexity index is 438. The molecule has 0 aliphatic carbocycles. The van der Waals surface area contributed by atoms with Crippen molar-refractivity contribution in [3.8, 4) is 0 Å². The first-order valence-corrected chi connectivity index (χ1v) is 4.83. The lowest BCUT2D eigenvalue weighted by atomic mass is 10.0. The molecule has 1 aliphatic heterocycles. The van der Waals surface area contributed by atoms with E-state index in [0.29, 0.717) is 0 Å². The molecule has 4 heteroatoms. The molecule has 2 rings (SSSR count). The Morgan fingerprint density at radius 2 is 2.27 bits per heavy atom. The van der Waals surface area contributed by atoms with Gasteiger partial charge in [0.05, 0.1) is 4.92 Å². The minimum Gasteiger partial charge on any atom is -0.309 e. The molecule has 0 saturated carbocycles. The standard InChI is InChI=1S/C11H12N2O2/c1-8-6-10(13(14)15)2-3-11(8)9-4-5-12-7-9/h2-4,6,12H,5,7H2,1H3. The molecule has 0 atom stereocenters. The second kappa shape index (κ2) is 3.82. The molecule has 0 unspecified atom stereocenters. The minimum absolute atomic E-state index is 0.155. The third-order valence-corrected chi connectivity index (χ3v) is 2.58. The van der Waals surface area contributed by atoms with Crippen LogP contribution in [0.25, 0.3) is 5.57 Å². The molecule has 0 radical (unpaired) electrons. The van der Waals surface area contributed by atoms with Crippen molar-refractivity contribution in [3.05, 3.63) is 45.5 Å². The summed E-state index contributed by atoms with van der Waals surface area (Å²) in [5, 5.41) is 13.8. The maximum atomic E-state index is 10.6. The smallest absolute Gasteiger partial charge is 0.269 e. The number of aryl methyl sites for hydroxylation is 1. The molecular formula is C11H12N2O2. The average Bonchev–Trinajstić information content (AvgIpc) is 2.70. The number of benzene rings is 1. The predicted molar refractivity (Wildman–Crippen MR) is 58.7 cm³/mol.